The average molecular weight is 305 g/mol. The Morgan fingerprint density at radius 2 is 2.09 bits per heavy atom. The maximum Gasteiger partial charge on any atom is 0.123 e. The van der Waals surface area contributed by atoms with Gasteiger partial charge in [0.2, 0.25) is 0 Å². The molecule has 22 heavy (non-hydrogen) atoms. The molecule has 0 spiro atoms. The summed E-state index contributed by atoms with van der Waals surface area (Å²) in [5.41, 5.74) is 1.32. The maximum absolute atomic E-state index is 6.28. The fraction of sp³-hybridized carbons (Fsp3) is 0.684. The third kappa shape index (κ3) is 4.99. The Bertz CT molecular complexity index is 429. The van der Waals surface area contributed by atoms with Gasteiger partial charge in [-0.2, -0.15) is 0 Å². The van der Waals surface area contributed by atoms with Crippen LogP contribution < -0.4 is 10.1 Å². The van der Waals surface area contributed by atoms with E-state index in [2.05, 4.69) is 50.4 Å². The van der Waals surface area contributed by atoms with Gasteiger partial charge in [-0.05, 0) is 43.2 Å². The van der Waals surface area contributed by atoms with E-state index in [-0.39, 0.29) is 6.10 Å². The van der Waals surface area contributed by atoms with Gasteiger partial charge >= 0.3 is 0 Å². The van der Waals surface area contributed by atoms with Gasteiger partial charge in [0.1, 0.15) is 11.9 Å². The van der Waals surface area contributed by atoms with Crippen LogP contribution in [0.15, 0.2) is 24.3 Å². The number of ether oxygens (including phenoxy) is 2. The van der Waals surface area contributed by atoms with Crippen molar-refractivity contribution in [3.8, 4) is 5.75 Å². The van der Waals surface area contributed by atoms with Crippen LogP contribution in [0.1, 0.15) is 57.9 Å². The third-order valence-electron chi connectivity index (χ3n) is 4.58. The molecule has 0 bridgehead atoms. The smallest absolute Gasteiger partial charge is 0.123 e. The van der Waals surface area contributed by atoms with Crippen molar-refractivity contribution in [2.24, 2.45) is 0 Å². The van der Waals surface area contributed by atoms with Gasteiger partial charge < -0.3 is 14.8 Å². The highest BCUT2D eigenvalue weighted by molar-refractivity contribution is 5.36. The van der Waals surface area contributed by atoms with Crippen molar-refractivity contribution in [1.82, 2.24) is 5.32 Å². The van der Waals surface area contributed by atoms with Crippen LogP contribution in [-0.4, -0.2) is 31.9 Å². The normalized spacial score (nSPS) is 20.8. The van der Waals surface area contributed by atoms with Crippen molar-refractivity contribution in [2.75, 3.05) is 19.7 Å². The fourth-order valence-corrected chi connectivity index (χ4v) is 2.87. The monoisotopic (exact) mass is 305 g/mol. The van der Waals surface area contributed by atoms with Gasteiger partial charge in [0.25, 0.3) is 0 Å². The second kappa shape index (κ2) is 9.16. The fourth-order valence-electron chi connectivity index (χ4n) is 2.87. The standard InChI is InChI=1S/C19H31NO2/c1-4-15(3)18-10-6-7-11-19(18)22-16(5-2)13-20-14-17-9-8-12-21-17/h6-7,10-11,15-17,20H,4-5,8-9,12-14H2,1-3H3. The minimum absolute atomic E-state index is 0.214. The molecule has 1 fully saturated rings. The number of hydrogen-bond acceptors (Lipinski definition) is 3. The van der Waals surface area contributed by atoms with E-state index in [0.717, 1.165) is 38.3 Å². The lowest BCUT2D eigenvalue weighted by molar-refractivity contribution is 0.105. The van der Waals surface area contributed by atoms with Crippen molar-refractivity contribution < 1.29 is 9.47 Å². The molecule has 0 aromatic heterocycles. The zero-order valence-corrected chi connectivity index (χ0v) is 14.3. The second-order valence-electron chi connectivity index (χ2n) is 6.29. The van der Waals surface area contributed by atoms with Crippen molar-refractivity contribution in [3.05, 3.63) is 29.8 Å². The molecule has 3 nitrogen and oxygen atoms in total. The summed E-state index contributed by atoms with van der Waals surface area (Å²) in [5.74, 6) is 1.58. The molecular formula is C19H31NO2. The van der Waals surface area contributed by atoms with E-state index in [1.807, 2.05) is 0 Å². The number of nitrogens with one attached hydrogen (secondary N) is 1. The van der Waals surface area contributed by atoms with Crippen LogP contribution in [-0.2, 0) is 4.74 Å². The van der Waals surface area contributed by atoms with Crippen LogP contribution in [0.5, 0.6) is 5.75 Å². The van der Waals surface area contributed by atoms with Gasteiger partial charge in [-0.1, -0.05) is 39.0 Å². The van der Waals surface area contributed by atoms with Crippen molar-refractivity contribution in [3.63, 3.8) is 0 Å². The van der Waals surface area contributed by atoms with Crippen LogP contribution in [0.4, 0.5) is 0 Å². The second-order valence-corrected chi connectivity index (χ2v) is 6.29. The molecule has 1 saturated heterocycles. The van der Waals surface area contributed by atoms with E-state index >= 15 is 0 Å². The molecule has 3 unspecified atom stereocenters. The molecule has 124 valence electrons. The largest absolute Gasteiger partial charge is 0.489 e. The molecule has 3 atom stereocenters. The molecule has 1 aliphatic heterocycles. The number of hydrogen-bond donors (Lipinski definition) is 1. The Hall–Kier alpha value is -1.06. The Morgan fingerprint density at radius 3 is 2.77 bits per heavy atom. The SMILES string of the molecule is CCC(CNCC1CCCO1)Oc1ccccc1C(C)CC. The summed E-state index contributed by atoms with van der Waals surface area (Å²) >= 11 is 0. The zero-order valence-electron chi connectivity index (χ0n) is 14.3. The van der Waals surface area contributed by atoms with E-state index in [4.69, 9.17) is 9.47 Å². The highest BCUT2D eigenvalue weighted by Crippen LogP contribution is 2.29. The van der Waals surface area contributed by atoms with Crippen LogP contribution >= 0.6 is 0 Å². The quantitative estimate of drug-likeness (QED) is 0.744. The van der Waals surface area contributed by atoms with Gasteiger partial charge in [-0.25, -0.2) is 0 Å². The van der Waals surface area contributed by atoms with Crippen LogP contribution in [0, 0.1) is 0 Å². The third-order valence-corrected chi connectivity index (χ3v) is 4.58. The Kier molecular flexibility index (Phi) is 7.20. The van der Waals surface area contributed by atoms with Gasteiger partial charge in [0, 0.05) is 19.7 Å². The van der Waals surface area contributed by atoms with Crippen LogP contribution in [0.25, 0.3) is 0 Å². The lowest BCUT2D eigenvalue weighted by Crippen LogP contribution is -2.35. The van der Waals surface area contributed by atoms with Gasteiger partial charge in [-0.3, -0.25) is 0 Å². The summed E-state index contributed by atoms with van der Waals surface area (Å²) < 4.78 is 11.9. The van der Waals surface area contributed by atoms with E-state index in [0.29, 0.717) is 12.0 Å². The predicted octanol–water partition coefficient (Wildman–Crippen LogP) is 4.13. The Balaban J connectivity index is 1.86. The van der Waals surface area contributed by atoms with Crippen LogP contribution in [0.2, 0.25) is 0 Å². The lowest BCUT2D eigenvalue weighted by atomic mass is 9.98. The molecule has 1 aromatic carbocycles. The lowest BCUT2D eigenvalue weighted by Gasteiger charge is -2.22. The van der Waals surface area contributed by atoms with Crippen LogP contribution in [0.3, 0.4) is 0 Å². The first kappa shape index (κ1) is 17.3. The van der Waals surface area contributed by atoms with Crippen molar-refractivity contribution >= 4 is 0 Å². The number of benzene rings is 1. The van der Waals surface area contributed by atoms with Gasteiger partial charge in [0.15, 0.2) is 0 Å². The highest BCUT2D eigenvalue weighted by Gasteiger charge is 2.17. The molecule has 3 heteroatoms. The average Bonchev–Trinajstić information content (AvgIpc) is 3.07. The number of rotatable bonds is 9. The van der Waals surface area contributed by atoms with Crippen molar-refractivity contribution in [1.29, 1.82) is 0 Å². The molecule has 2 rings (SSSR count). The first-order valence-electron chi connectivity index (χ1n) is 8.82. The van der Waals surface area contributed by atoms with E-state index in [1.54, 1.807) is 0 Å². The molecule has 0 amide bonds. The summed E-state index contributed by atoms with van der Waals surface area (Å²) in [5, 5.41) is 3.51. The summed E-state index contributed by atoms with van der Waals surface area (Å²) in [6, 6.07) is 8.46. The minimum atomic E-state index is 0.214. The summed E-state index contributed by atoms with van der Waals surface area (Å²) in [7, 11) is 0. The minimum Gasteiger partial charge on any atom is -0.489 e. The molecule has 0 saturated carbocycles. The van der Waals surface area contributed by atoms with Gasteiger partial charge in [0.05, 0.1) is 6.10 Å². The molecule has 0 aliphatic carbocycles. The Morgan fingerprint density at radius 1 is 1.27 bits per heavy atom. The molecule has 1 N–H and O–H groups in total. The molecule has 1 aromatic rings. The van der Waals surface area contributed by atoms with Gasteiger partial charge in [-0.15, -0.1) is 0 Å². The predicted molar refractivity (Wildman–Crippen MR) is 91.7 cm³/mol. The maximum atomic E-state index is 6.28. The molecule has 0 radical (unpaired) electrons. The summed E-state index contributed by atoms with van der Waals surface area (Å²) in [6.07, 6.45) is 5.13. The van der Waals surface area contributed by atoms with Crippen molar-refractivity contribution in [2.45, 2.75) is 64.6 Å². The first-order chi connectivity index (χ1) is 10.7. The Labute approximate surface area is 135 Å². The molecule has 1 heterocycles. The zero-order chi connectivity index (χ0) is 15.8. The topological polar surface area (TPSA) is 30.5 Å². The van der Waals surface area contributed by atoms with E-state index < -0.39 is 0 Å². The summed E-state index contributed by atoms with van der Waals surface area (Å²) in [6.45, 7) is 9.41. The molecular weight excluding hydrogens is 274 g/mol. The van der Waals surface area contributed by atoms with E-state index in [1.165, 1.54) is 18.4 Å². The summed E-state index contributed by atoms with van der Waals surface area (Å²) in [4.78, 5) is 0. The highest BCUT2D eigenvalue weighted by atomic mass is 16.5. The van der Waals surface area contributed by atoms with E-state index in [9.17, 15) is 0 Å². The first-order valence-corrected chi connectivity index (χ1v) is 8.82. The number of para-hydroxylation sites is 1. The molecule has 1 aliphatic rings.